The molecule has 2 nitrogen and oxygen atoms in total. The quantitative estimate of drug-likeness (QED) is 0.501. The summed E-state index contributed by atoms with van der Waals surface area (Å²) in [6, 6.07) is 0. The van der Waals surface area contributed by atoms with Gasteiger partial charge in [0.15, 0.2) is 0 Å². The second kappa shape index (κ2) is 1.65. The molecule has 0 radical (unpaired) electrons. The summed E-state index contributed by atoms with van der Waals surface area (Å²) in [6.07, 6.45) is 2.25. The minimum absolute atomic E-state index is 0.868. The molecule has 7 heavy (non-hydrogen) atoms. The zero-order valence-electron chi connectivity index (χ0n) is 4.26. The molecule has 0 aromatic heterocycles. The molecule has 0 bridgehead atoms. The van der Waals surface area contributed by atoms with Crippen molar-refractivity contribution in [1.29, 1.82) is 0 Å². The van der Waals surface area contributed by atoms with Crippen LogP contribution in [-0.2, 0) is 0 Å². The topological polar surface area (TPSA) is 46.2 Å². The van der Waals surface area contributed by atoms with Crippen molar-refractivity contribution in [3.8, 4) is 0 Å². The first kappa shape index (κ1) is 5.41. The van der Waals surface area contributed by atoms with Gasteiger partial charge in [0.05, 0.1) is 0 Å². The summed E-state index contributed by atoms with van der Waals surface area (Å²) in [5, 5.41) is 5.42. The Kier molecular flexibility index (Phi) is 1.28. The fourth-order valence-corrected chi connectivity index (χ4v) is 2.42. The molecule has 1 rings (SSSR count). The van der Waals surface area contributed by atoms with Crippen LogP contribution in [0.25, 0.3) is 0 Å². The zero-order valence-corrected chi connectivity index (χ0v) is 5.08. The predicted octanol–water partition coefficient (Wildman–Crippen LogP) is 0.931. The Bertz CT molecular complexity index is 66.1. The number of rotatable bonds is 0. The molecule has 0 atom stereocenters. The standard InChI is InChI=1S/C4H11NOS/c5-7(6)3-1-2-4-7/h6H,1-5H2. The fraction of sp³-hybridized carbons (Fsp3) is 1.00. The van der Waals surface area contributed by atoms with Crippen LogP contribution in [0.15, 0.2) is 0 Å². The lowest BCUT2D eigenvalue weighted by Gasteiger charge is -2.20. The van der Waals surface area contributed by atoms with Crippen molar-refractivity contribution in [1.82, 2.24) is 0 Å². The van der Waals surface area contributed by atoms with Crippen LogP contribution >= 0.6 is 10.5 Å². The molecule has 3 heteroatoms. The predicted molar refractivity (Wildman–Crippen MR) is 33.4 cm³/mol. The van der Waals surface area contributed by atoms with E-state index in [1.54, 1.807) is 0 Å². The van der Waals surface area contributed by atoms with Gasteiger partial charge in [-0.1, -0.05) is 10.5 Å². The number of nitrogens with two attached hydrogens (primary N) is 1. The Morgan fingerprint density at radius 1 is 1.29 bits per heavy atom. The Morgan fingerprint density at radius 2 is 1.71 bits per heavy atom. The van der Waals surface area contributed by atoms with Crippen LogP contribution < -0.4 is 5.14 Å². The lowest BCUT2D eigenvalue weighted by molar-refractivity contribution is 0.633. The van der Waals surface area contributed by atoms with Crippen LogP contribution in [0.5, 0.6) is 0 Å². The molecule has 1 fully saturated rings. The largest absolute Gasteiger partial charge is 0.339 e. The van der Waals surface area contributed by atoms with Crippen molar-refractivity contribution in [3.63, 3.8) is 0 Å². The summed E-state index contributed by atoms with van der Waals surface area (Å²) >= 11 is 0. The third-order valence-corrected chi connectivity index (χ3v) is 3.24. The Hall–Kier alpha value is 0.270. The van der Waals surface area contributed by atoms with E-state index in [0.717, 1.165) is 24.3 Å². The van der Waals surface area contributed by atoms with Crippen molar-refractivity contribution in [2.75, 3.05) is 11.5 Å². The maximum absolute atomic E-state index is 9.06. The Morgan fingerprint density at radius 3 is 1.86 bits per heavy atom. The lowest BCUT2D eigenvalue weighted by Crippen LogP contribution is -2.09. The van der Waals surface area contributed by atoms with E-state index in [4.69, 9.17) is 9.69 Å². The lowest BCUT2D eigenvalue weighted by atomic mass is 10.4. The average Bonchev–Trinajstić information content (AvgIpc) is 1.84. The molecule has 1 aliphatic heterocycles. The van der Waals surface area contributed by atoms with E-state index in [0.29, 0.717) is 0 Å². The molecule has 0 amide bonds. The van der Waals surface area contributed by atoms with Crippen LogP contribution in [0.3, 0.4) is 0 Å². The molecule has 3 N–H and O–H groups in total. The fourth-order valence-electron chi connectivity index (χ4n) is 0.806. The SMILES string of the molecule is NS1(O)CCCC1. The van der Waals surface area contributed by atoms with E-state index in [9.17, 15) is 0 Å². The molecule has 0 spiro atoms. The van der Waals surface area contributed by atoms with Gasteiger partial charge in [-0.25, -0.2) is 0 Å². The monoisotopic (exact) mass is 121 g/mol. The normalized spacial score (nSPS) is 32.9. The maximum atomic E-state index is 9.06. The molecule has 0 aliphatic carbocycles. The van der Waals surface area contributed by atoms with Crippen LogP contribution in [0.2, 0.25) is 0 Å². The van der Waals surface area contributed by atoms with Gasteiger partial charge in [-0.15, -0.1) is 0 Å². The smallest absolute Gasteiger partial charge is 0.0111 e. The van der Waals surface area contributed by atoms with Crippen molar-refractivity contribution in [2.45, 2.75) is 12.8 Å². The van der Waals surface area contributed by atoms with E-state index in [-0.39, 0.29) is 0 Å². The zero-order chi connectivity index (χ0) is 5.33. The maximum Gasteiger partial charge on any atom is 0.0111 e. The molecule has 1 saturated heterocycles. The molecule has 1 heterocycles. The van der Waals surface area contributed by atoms with Crippen LogP contribution in [0.1, 0.15) is 12.8 Å². The summed E-state index contributed by atoms with van der Waals surface area (Å²) in [5.41, 5.74) is 0. The second-order valence-electron chi connectivity index (χ2n) is 2.02. The summed E-state index contributed by atoms with van der Waals surface area (Å²) in [4.78, 5) is 0. The van der Waals surface area contributed by atoms with Gasteiger partial charge >= 0.3 is 0 Å². The minimum Gasteiger partial charge on any atom is -0.339 e. The van der Waals surface area contributed by atoms with E-state index in [2.05, 4.69) is 0 Å². The first-order chi connectivity index (χ1) is 3.21. The number of hydrogen-bond acceptors (Lipinski definition) is 2. The van der Waals surface area contributed by atoms with Crippen LogP contribution in [0.4, 0.5) is 0 Å². The van der Waals surface area contributed by atoms with Gasteiger partial charge in [-0.2, -0.15) is 0 Å². The van der Waals surface area contributed by atoms with Gasteiger partial charge in [0.2, 0.25) is 0 Å². The number of hydrogen-bond donors (Lipinski definition) is 2. The van der Waals surface area contributed by atoms with Crippen LogP contribution in [0, 0.1) is 0 Å². The minimum atomic E-state index is -1.55. The molecule has 0 aromatic carbocycles. The van der Waals surface area contributed by atoms with Crippen molar-refractivity contribution >= 4 is 10.5 Å². The highest BCUT2D eigenvalue weighted by molar-refractivity contribution is 8.27. The first-order valence-corrected chi connectivity index (χ1v) is 4.49. The van der Waals surface area contributed by atoms with Crippen molar-refractivity contribution < 1.29 is 4.55 Å². The summed E-state index contributed by atoms with van der Waals surface area (Å²) in [7, 11) is -1.55. The third-order valence-electron chi connectivity index (χ3n) is 1.25. The van der Waals surface area contributed by atoms with Gasteiger partial charge in [0.25, 0.3) is 0 Å². The van der Waals surface area contributed by atoms with Gasteiger partial charge < -0.3 is 4.55 Å². The average molecular weight is 121 g/mol. The first-order valence-electron chi connectivity index (χ1n) is 2.50. The highest BCUT2D eigenvalue weighted by Gasteiger charge is 2.19. The summed E-state index contributed by atoms with van der Waals surface area (Å²) < 4.78 is 9.06. The molecule has 1 aliphatic rings. The molecular weight excluding hydrogens is 110 g/mol. The van der Waals surface area contributed by atoms with Gasteiger partial charge in [-0.3, -0.25) is 5.14 Å². The molecular formula is C4H11NOS. The summed E-state index contributed by atoms with van der Waals surface area (Å²) in [5.74, 6) is 1.74. The van der Waals surface area contributed by atoms with Crippen LogP contribution in [-0.4, -0.2) is 16.1 Å². The van der Waals surface area contributed by atoms with Crippen molar-refractivity contribution in [2.24, 2.45) is 5.14 Å². The molecule has 0 saturated carbocycles. The Balaban J connectivity index is 2.40. The third kappa shape index (κ3) is 1.33. The van der Waals surface area contributed by atoms with E-state index in [1.807, 2.05) is 0 Å². The van der Waals surface area contributed by atoms with Gasteiger partial charge in [-0.05, 0) is 12.8 Å². The Labute approximate surface area is 45.4 Å². The van der Waals surface area contributed by atoms with Gasteiger partial charge in [0.1, 0.15) is 0 Å². The molecule has 0 unspecified atom stereocenters. The van der Waals surface area contributed by atoms with Crippen molar-refractivity contribution in [3.05, 3.63) is 0 Å². The summed E-state index contributed by atoms with van der Waals surface area (Å²) in [6.45, 7) is 0. The highest BCUT2D eigenvalue weighted by Crippen LogP contribution is 2.41. The second-order valence-corrected chi connectivity index (χ2v) is 4.64. The van der Waals surface area contributed by atoms with Gasteiger partial charge in [0, 0.05) is 11.5 Å². The molecule has 0 aromatic rings. The van der Waals surface area contributed by atoms with E-state index < -0.39 is 10.5 Å². The van der Waals surface area contributed by atoms with E-state index >= 15 is 0 Å². The molecule has 44 valence electrons. The highest BCUT2D eigenvalue weighted by atomic mass is 32.3. The van der Waals surface area contributed by atoms with E-state index in [1.165, 1.54) is 0 Å².